The van der Waals surface area contributed by atoms with Crippen molar-refractivity contribution in [2.45, 2.75) is 20.3 Å². The van der Waals surface area contributed by atoms with E-state index in [0.717, 1.165) is 4.88 Å². The number of thiophene rings is 1. The molecule has 0 aliphatic heterocycles. The zero-order valence-corrected chi connectivity index (χ0v) is 18.3. The lowest BCUT2D eigenvalue weighted by Gasteiger charge is -2.11. The fraction of sp³-hybridized carbons (Fsp3) is 0.273. The van der Waals surface area contributed by atoms with Crippen molar-refractivity contribution in [3.63, 3.8) is 0 Å². The highest BCUT2D eigenvalue weighted by atomic mass is 32.1. The van der Waals surface area contributed by atoms with E-state index in [4.69, 9.17) is 23.7 Å². The van der Waals surface area contributed by atoms with Crippen LogP contribution >= 0.6 is 11.3 Å². The zero-order valence-electron chi connectivity index (χ0n) is 17.5. The molecule has 0 aliphatic rings. The van der Waals surface area contributed by atoms with E-state index in [1.165, 1.54) is 24.3 Å². The van der Waals surface area contributed by atoms with Crippen LogP contribution in [0.1, 0.15) is 24.3 Å². The molecule has 1 aromatic heterocycles. The maximum Gasteiger partial charge on any atom is 0.513 e. The van der Waals surface area contributed by atoms with Crippen molar-refractivity contribution in [2.75, 3.05) is 19.8 Å². The SMILES string of the molecule is CCOC(=O)Oc1ccc(/C=C(\C#N)C(=O)OCCc2cccs2)cc1OC(=O)OCC. The third-order valence-corrected chi connectivity index (χ3v) is 4.63. The highest BCUT2D eigenvalue weighted by Crippen LogP contribution is 2.30. The van der Waals surface area contributed by atoms with Crippen LogP contribution in [0, 0.1) is 11.3 Å². The molecule has 0 bridgehead atoms. The van der Waals surface area contributed by atoms with Gasteiger partial charge in [-0.1, -0.05) is 12.1 Å². The molecule has 2 aromatic rings. The number of ether oxygens (including phenoxy) is 5. The van der Waals surface area contributed by atoms with Gasteiger partial charge in [-0.3, -0.25) is 0 Å². The molecule has 0 amide bonds. The smallest absolute Gasteiger partial charge is 0.461 e. The summed E-state index contributed by atoms with van der Waals surface area (Å²) in [5.41, 5.74) is 0.0737. The summed E-state index contributed by atoms with van der Waals surface area (Å²) in [6.45, 7) is 3.49. The summed E-state index contributed by atoms with van der Waals surface area (Å²) < 4.78 is 24.7. The Balaban J connectivity index is 2.18. The summed E-state index contributed by atoms with van der Waals surface area (Å²) in [5, 5.41) is 11.3. The molecule has 0 saturated heterocycles. The lowest BCUT2D eigenvalue weighted by Crippen LogP contribution is -2.14. The summed E-state index contributed by atoms with van der Waals surface area (Å²) >= 11 is 1.54. The minimum absolute atomic E-state index is 0.0718. The number of hydrogen-bond donors (Lipinski definition) is 0. The van der Waals surface area contributed by atoms with Crippen molar-refractivity contribution in [1.29, 1.82) is 5.26 Å². The van der Waals surface area contributed by atoms with Crippen LogP contribution in [0.4, 0.5) is 9.59 Å². The number of carbonyl (C=O) groups excluding carboxylic acids is 3. The van der Waals surface area contributed by atoms with Crippen molar-refractivity contribution < 1.29 is 38.1 Å². The molecule has 0 radical (unpaired) electrons. The maximum absolute atomic E-state index is 12.2. The molecule has 0 spiro atoms. The highest BCUT2D eigenvalue weighted by molar-refractivity contribution is 7.09. The topological polar surface area (TPSA) is 121 Å². The molecular weight excluding hydrogens is 438 g/mol. The highest BCUT2D eigenvalue weighted by Gasteiger charge is 2.17. The van der Waals surface area contributed by atoms with Gasteiger partial charge in [-0.25, -0.2) is 14.4 Å². The summed E-state index contributed by atoms with van der Waals surface area (Å²) in [4.78, 5) is 36.7. The number of benzene rings is 1. The molecule has 1 aromatic carbocycles. The Kier molecular flexibility index (Phi) is 9.74. The van der Waals surface area contributed by atoms with Gasteiger partial charge in [-0.05, 0) is 49.1 Å². The predicted octanol–water partition coefficient (Wildman–Crippen LogP) is 4.51. The Morgan fingerprint density at radius 1 is 1.00 bits per heavy atom. The number of hydrogen-bond acceptors (Lipinski definition) is 10. The predicted molar refractivity (Wildman–Crippen MR) is 114 cm³/mol. The van der Waals surface area contributed by atoms with Crippen LogP contribution in [0.25, 0.3) is 6.08 Å². The molecule has 9 nitrogen and oxygen atoms in total. The van der Waals surface area contributed by atoms with E-state index in [1.807, 2.05) is 17.5 Å². The molecular formula is C22H21NO8S. The Labute approximate surface area is 188 Å². The minimum Gasteiger partial charge on any atom is -0.461 e. The van der Waals surface area contributed by atoms with Gasteiger partial charge in [0.1, 0.15) is 11.6 Å². The van der Waals surface area contributed by atoms with E-state index < -0.39 is 18.3 Å². The van der Waals surface area contributed by atoms with E-state index in [1.54, 1.807) is 31.3 Å². The number of rotatable bonds is 9. The van der Waals surface area contributed by atoms with Gasteiger partial charge in [-0.15, -0.1) is 11.3 Å². The van der Waals surface area contributed by atoms with E-state index in [0.29, 0.717) is 12.0 Å². The van der Waals surface area contributed by atoms with Crippen LogP contribution in [0.5, 0.6) is 11.5 Å². The van der Waals surface area contributed by atoms with Crippen LogP contribution < -0.4 is 9.47 Å². The Morgan fingerprint density at radius 2 is 1.69 bits per heavy atom. The van der Waals surface area contributed by atoms with Crippen molar-refractivity contribution in [1.82, 2.24) is 0 Å². The van der Waals surface area contributed by atoms with Crippen molar-refractivity contribution in [3.05, 3.63) is 51.7 Å². The van der Waals surface area contributed by atoms with Gasteiger partial charge in [0.15, 0.2) is 11.5 Å². The Bertz CT molecular complexity index is 1010. The number of esters is 1. The second-order valence-corrected chi connectivity index (χ2v) is 6.94. The first-order valence-electron chi connectivity index (χ1n) is 9.61. The van der Waals surface area contributed by atoms with Gasteiger partial charge in [0, 0.05) is 11.3 Å². The van der Waals surface area contributed by atoms with E-state index in [9.17, 15) is 19.6 Å². The van der Waals surface area contributed by atoms with Gasteiger partial charge >= 0.3 is 18.3 Å². The van der Waals surface area contributed by atoms with Crippen LogP contribution in [0.15, 0.2) is 41.3 Å². The van der Waals surface area contributed by atoms with Gasteiger partial charge < -0.3 is 23.7 Å². The van der Waals surface area contributed by atoms with Crippen LogP contribution in [0.2, 0.25) is 0 Å². The average molecular weight is 459 g/mol. The fourth-order valence-corrected chi connectivity index (χ4v) is 3.02. The van der Waals surface area contributed by atoms with Gasteiger partial charge in [0.2, 0.25) is 0 Å². The van der Waals surface area contributed by atoms with Crippen molar-refractivity contribution in [3.8, 4) is 17.6 Å². The van der Waals surface area contributed by atoms with E-state index in [-0.39, 0.29) is 36.9 Å². The molecule has 2 rings (SSSR count). The molecule has 0 aliphatic carbocycles. The summed E-state index contributed by atoms with van der Waals surface area (Å²) in [6.07, 6.45) is -0.202. The molecule has 32 heavy (non-hydrogen) atoms. The number of carbonyl (C=O) groups is 3. The summed E-state index contributed by atoms with van der Waals surface area (Å²) in [6, 6.07) is 9.70. The third-order valence-electron chi connectivity index (χ3n) is 3.69. The largest absolute Gasteiger partial charge is 0.513 e. The molecule has 168 valence electrons. The summed E-state index contributed by atoms with van der Waals surface area (Å²) in [7, 11) is 0. The first-order chi connectivity index (χ1) is 15.5. The van der Waals surface area contributed by atoms with Gasteiger partial charge in [0.05, 0.1) is 19.8 Å². The molecule has 1 heterocycles. The Hall–Kier alpha value is -3.84. The molecule has 0 N–H and O–H groups in total. The van der Waals surface area contributed by atoms with Gasteiger partial charge in [-0.2, -0.15) is 5.26 Å². The molecule has 0 saturated carbocycles. The second kappa shape index (κ2) is 12.8. The lowest BCUT2D eigenvalue weighted by atomic mass is 10.1. The third kappa shape index (κ3) is 7.77. The van der Waals surface area contributed by atoms with Crippen molar-refractivity contribution in [2.24, 2.45) is 0 Å². The zero-order chi connectivity index (χ0) is 23.3. The molecule has 0 fully saturated rings. The van der Waals surface area contributed by atoms with Crippen LogP contribution in [0.3, 0.4) is 0 Å². The number of nitrogens with zero attached hydrogens (tertiary/aromatic N) is 1. The second-order valence-electron chi connectivity index (χ2n) is 5.91. The standard InChI is InChI=1S/C22H21NO8S/c1-3-27-21(25)30-18-8-7-15(13-19(18)31-22(26)28-4-2)12-16(14-23)20(24)29-10-9-17-6-5-11-32-17/h5-8,11-13H,3-4,9-10H2,1-2H3/b16-12+. The molecule has 0 atom stereocenters. The first-order valence-corrected chi connectivity index (χ1v) is 10.5. The molecule has 0 unspecified atom stereocenters. The average Bonchev–Trinajstić information content (AvgIpc) is 3.27. The molecule has 10 heteroatoms. The Morgan fingerprint density at radius 3 is 2.28 bits per heavy atom. The quantitative estimate of drug-likeness (QED) is 0.175. The fourth-order valence-electron chi connectivity index (χ4n) is 2.33. The monoisotopic (exact) mass is 459 g/mol. The first kappa shape index (κ1) is 24.4. The van der Waals surface area contributed by atoms with E-state index >= 15 is 0 Å². The van der Waals surface area contributed by atoms with Gasteiger partial charge in [0.25, 0.3) is 0 Å². The van der Waals surface area contributed by atoms with Crippen LogP contribution in [-0.4, -0.2) is 38.1 Å². The van der Waals surface area contributed by atoms with Crippen LogP contribution in [-0.2, 0) is 25.4 Å². The summed E-state index contributed by atoms with van der Waals surface area (Å²) in [5.74, 6) is -1.05. The minimum atomic E-state index is -1.02. The number of nitriles is 1. The van der Waals surface area contributed by atoms with Crippen molar-refractivity contribution >= 4 is 35.7 Å². The normalized spacial score (nSPS) is 10.6. The van der Waals surface area contributed by atoms with E-state index in [2.05, 4.69) is 0 Å². The lowest BCUT2D eigenvalue weighted by molar-refractivity contribution is -0.138. The maximum atomic E-state index is 12.2.